The quantitative estimate of drug-likeness (QED) is 0.939. The van der Waals surface area contributed by atoms with Gasteiger partial charge in [-0.2, -0.15) is 0 Å². The molecule has 1 unspecified atom stereocenters. The van der Waals surface area contributed by atoms with Crippen molar-refractivity contribution in [2.24, 2.45) is 0 Å². The molecule has 2 aromatic rings. The topological polar surface area (TPSA) is 74.7 Å². The van der Waals surface area contributed by atoms with Crippen molar-refractivity contribution in [1.29, 1.82) is 0 Å². The van der Waals surface area contributed by atoms with E-state index in [9.17, 15) is 18.3 Å². The number of carbonyl (C=O) groups excluding carboxylic acids is 1. The van der Waals surface area contributed by atoms with E-state index in [1.54, 1.807) is 60.7 Å². The van der Waals surface area contributed by atoms with Gasteiger partial charge in [0.15, 0.2) is 15.6 Å². The highest BCUT2D eigenvalue weighted by atomic mass is 32.2. The van der Waals surface area contributed by atoms with Crippen molar-refractivity contribution in [3.05, 3.63) is 76.9 Å². The largest absolute Gasteiger partial charge is 0.502 e. The fourth-order valence-electron chi connectivity index (χ4n) is 2.75. The number of para-hydroxylation sites is 1. The molecule has 0 aromatic heterocycles. The van der Waals surface area contributed by atoms with Crippen LogP contribution in [0.3, 0.4) is 0 Å². The maximum absolute atomic E-state index is 12.5. The van der Waals surface area contributed by atoms with Gasteiger partial charge in [-0.05, 0) is 17.7 Å². The molecule has 118 valence electrons. The van der Waals surface area contributed by atoms with Gasteiger partial charge in [0, 0.05) is 11.9 Å². The first kappa shape index (κ1) is 15.3. The number of rotatable bonds is 3. The van der Waals surface area contributed by atoms with Crippen LogP contribution in [0.15, 0.2) is 71.3 Å². The van der Waals surface area contributed by atoms with Crippen LogP contribution in [0.4, 0.5) is 5.69 Å². The minimum atomic E-state index is -3.76. The highest BCUT2D eigenvalue weighted by molar-refractivity contribution is 7.94. The molecule has 6 heteroatoms. The summed E-state index contributed by atoms with van der Waals surface area (Å²) in [7, 11) is -3.76. The van der Waals surface area contributed by atoms with Crippen LogP contribution in [-0.4, -0.2) is 25.7 Å². The first-order valence-electron chi connectivity index (χ1n) is 6.98. The van der Waals surface area contributed by atoms with E-state index in [0.29, 0.717) is 11.3 Å². The van der Waals surface area contributed by atoms with E-state index in [1.165, 1.54) is 4.90 Å². The molecule has 1 heterocycles. The van der Waals surface area contributed by atoms with Crippen molar-refractivity contribution >= 4 is 21.4 Å². The van der Waals surface area contributed by atoms with Crippen LogP contribution in [0.5, 0.6) is 0 Å². The average molecular weight is 329 g/mol. The summed E-state index contributed by atoms with van der Waals surface area (Å²) in [5.74, 6) is -1.43. The van der Waals surface area contributed by atoms with Crippen LogP contribution in [0.1, 0.15) is 11.6 Å². The third kappa shape index (κ3) is 2.61. The fourth-order valence-corrected chi connectivity index (χ4v) is 3.84. The van der Waals surface area contributed by atoms with Crippen LogP contribution < -0.4 is 4.90 Å². The third-order valence-electron chi connectivity index (χ3n) is 3.71. The molecule has 1 aliphatic rings. The fraction of sp³-hybridized carbons (Fsp3) is 0.118. The van der Waals surface area contributed by atoms with Crippen LogP contribution >= 0.6 is 0 Å². The number of sulfone groups is 1. The molecular formula is C17H15NO4S. The minimum absolute atomic E-state index is 0.266. The zero-order valence-electron chi connectivity index (χ0n) is 12.4. The SMILES string of the molecule is CS(=O)(=O)C1=C(O)C(=O)N(c2ccccc2)C1c1ccccc1. The van der Waals surface area contributed by atoms with Crippen molar-refractivity contribution in [1.82, 2.24) is 0 Å². The number of nitrogens with zero attached hydrogens (tertiary/aromatic N) is 1. The smallest absolute Gasteiger partial charge is 0.295 e. The van der Waals surface area contributed by atoms with Gasteiger partial charge in [0.05, 0.1) is 0 Å². The highest BCUT2D eigenvalue weighted by Gasteiger charge is 2.45. The van der Waals surface area contributed by atoms with E-state index in [2.05, 4.69) is 0 Å². The molecule has 0 bridgehead atoms. The standard InChI is InChI=1S/C17H15NO4S/c1-23(21,22)16-14(12-8-4-2-5-9-12)18(17(20)15(16)19)13-10-6-3-7-11-13/h2-11,14,19H,1H3. The molecule has 0 spiro atoms. The molecule has 2 aromatic carbocycles. The highest BCUT2D eigenvalue weighted by Crippen LogP contribution is 2.42. The Bertz CT molecular complexity index is 873. The number of hydrogen-bond donors (Lipinski definition) is 1. The van der Waals surface area contributed by atoms with Crippen LogP contribution in [0, 0.1) is 0 Å². The van der Waals surface area contributed by atoms with Gasteiger partial charge >= 0.3 is 0 Å². The van der Waals surface area contributed by atoms with Gasteiger partial charge in [-0.3, -0.25) is 9.69 Å². The molecule has 23 heavy (non-hydrogen) atoms. The average Bonchev–Trinajstić information content (AvgIpc) is 2.81. The maximum atomic E-state index is 12.5. The van der Waals surface area contributed by atoms with E-state index in [0.717, 1.165) is 6.26 Å². The lowest BCUT2D eigenvalue weighted by atomic mass is 10.1. The Morgan fingerprint density at radius 2 is 1.48 bits per heavy atom. The summed E-state index contributed by atoms with van der Waals surface area (Å²) in [4.78, 5) is 13.5. The van der Waals surface area contributed by atoms with E-state index >= 15 is 0 Å². The van der Waals surface area contributed by atoms with Crippen molar-refractivity contribution in [2.75, 3.05) is 11.2 Å². The Hall–Kier alpha value is -2.60. The predicted molar refractivity (Wildman–Crippen MR) is 87.6 cm³/mol. The molecule has 0 saturated heterocycles. The second kappa shape index (κ2) is 5.55. The number of carbonyl (C=O) groups is 1. The van der Waals surface area contributed by atoms with E-state index < -0.39 is 27.5 Å². The molecule has 1 aliphatic heterocycles. The number of amides is 1. The lowest BCUT2D eigenvalue weighted by Crippen LogP contribution is -2.30. The summed E-state index contributed by atoms with van der Waals surface area (Å²) in [6.07, 6.45) is 0.996. The molecule has 0 fully saturated rings. The summed E-state index contributed by atoms with van der Waals surface area (Å²) in [5, 5.41) is 10.2. The van der Waals surface area contributed by atoms with Crippen molar-refractivity contribution in [2.45, 2.75) is 6.04 Å². The van der Waals surface area contributed by atoms with Crippen molar-refractivity contribution in [3.63, 3.8) is 0 Å². The van der Waals surface area contributed by atoms with Crippen molar-refractivity contribution < 1.29 is 18.3 Å². The Balaban J connectivity index is 2.24. The molecule has 0 radical (unpaired) electrons. The lowest BCUT2D eigenvalue weighted by molar-refractivity contribution is -0.117. The summed E-state index contributed by atoms with van der Waals surface area (Å²) >= 11 is 0. The molecule has 1 N–H and O–H groups in total. The third-order valence-corrected chi connectivity index (χ3v) is 4.93. The van der Waals surface area contributed by atoms with Gasteiger partial charge in [0.2, 0.25) is 0 Å². The molecule has 5 nitrogen and oxygen atoms in total. The second-order valence-electron chi connectivity index (χ2n) is 5.31. The monoisotopic (exact) mass is 329 g/mol. The van der Waals surface area contributed by atoms with Gasteiger partial charge < -0.3 is 5.11 Å². The first-order chi connectivity index (χ1) is 10.9. The molecular weight excluding hydrogens is 314 g/mol. The molecule has 1 atom stereocenters. The van der Waals surface area contributed by atoms with Gasteiger partial charge in [-0.1, -0.05) is 48.5 Å². The number of benzene rings is 2. The van der Waals surface area contributed by atoms with E-state index in [-0.39, 0.29) is 4.91 Å². The summed E-state index contributed by atoms with van der Waals surface area (Å²) < 4.78 is 24.3. The van der Waals surface area contributed by atoms with E-state index in [4.69, 9.17) is 0 Å². The van der Waals surface area contributed by atoms with Gasteiger partial charge in [0.25, 0.3) is 5.91 Å². The zero-order valence-corrected chi connectivity index (χ0v) is 13.2. The molecule has 3 rings (SSSR count). The zero-order chi connectivity index (χ0) is 16.6. The lowest BCUT2D eigenvalue weighted by Gasteiger charge is -2.26. The maximum Gasteiger partial charge on any atom is 0.295 e. The minimum Gasteiger partial charge on any atom is -0.502 e. The number of anilines is 1. The summed E-state index contributed by atoms with van der Waals surface area (Å²) in [6, 6.07) is 16.6. The normalized spacial score (nSPS) is 18.6. The molecule has 1 amide bonds. The first-order valence-corrected chi connectivity index (χ1v) is 8.87. The van der Waals surface area contributed by atoms with E-state index in [1.807, 2.05) is 0 Å². The predicted octanol–water partition coefficient (Wildman–Crippen LogP) is 2.59. The Morgan fingerprint density at radius 3 is 2.00 bits per heavy atom. The van der Waals surface area contributed by atoms with Gasteiger partial charge in [-0.25, -0.2) is 8.42 Å². The van der Waals surface area contributed by atoms with Crippen LogP contribution in [0.25, 0.3) is 0 Å². The van der Waals surface area contributed by atoms with Gasteiger partial charge in [-0.15, -0.1) is 0 Å². The Kier molecular flexibility index (Phi) is 3.69. The Labute approximate surface area is 134 Å². The summed E-state index contributed by atoms with van der Waals surface area (Å²) in [5.41, 5.74) is 1.14. The summed E-state index contributed by atoms with van der Waals surface area (Å²) in [6.45, 7) is 0. The number of hydrogen-bond acceptors (Lipinski definition) is 4. The number of aliphatic hydroxyl groups excluding tert-OH is 1. The van der Waals surface area contributed by atoms with Crippen molar-refractivity contribution in [3.8, 4) is 0 Å². The van der Waals surface area contributed by atoms with Crippen LogP contribution in [-0.2, 0) is 14.6 Å². The molecule has 0 aliphatic carbocycles. The van der Waals surface area contributed by atoms with Gasteiger partial charge in [0.1, 0.15) is 10.9 Å². The second-order valence-corrected chi connectivity index (χ2v) is 7.29. The Morgan fingerprint density at radius 1 is 0.957 bits per heavy atom. The van der Waals surface area contributed by atoms with Crippen LogP contribution in [0.2, 0.25) is 0 Å². The molecule has 0 saturated carbocycles. The number of aliphatic hydroxyl groups is 1.